The van der Waals surface area contributed by atoms with Crippen LogP contribution in [0, 0.1) is 0 Å². The number of ether oxygens (including phenoxy) is 1. The number of pyridine rings is 1. The van der Waals surface area contributed by atoms with Crippen LogP contribution in [0.3, 0.4) is 0 Å². The van der Waals surface area contributed by atoms with E-state index in [2.05, 4.69) is 4.98 Å². The molecule has 0 bridgehead atoms. The SMILES string of the molecule is O=C(Oc1c(-c2ccco2)oc2ccc(Cl)cc2c1=O)c1ccncc1. The van der Waals surface area contributed by atoms with Gasteiger partial charge in [-0.05, 0) is 42.5 Å². The molecule has 0 saturated carbocycles. The average molecular weight is 368 g/mol. The van der Waals surface area contributed by atoms with Crippen molar-refractivity contribution in [2.24, 2.45) is 0 Å². The van der Waals surface area contributed by atoms with Crippen LogP contribution in [-0.4, -0.2) is 11.0 Å². The molecule has 3 aromatic heterocycles. The van der Waals surface area contributed by atoms with Gasteiger partial charge < -0.3 is 13.6 Å². The fourth-order valence-corrected chi connectivity index (χ4v) is 2.62. The van der Waals surface area contributed by atoms with Crippen molar-refractivity contribution in [1.29, 1.82) is 0 Å². The molecule has 0 aliphatic rings. The highest BCUT2D eigenvalue weighted by Gasteiger charge is 2.23. The Hall–Kier alpha value is -3.38. The van der Waals surface area contributed by atoms with Crippen molar-refractivity contribution < 1.29 is 18.4 Å². The summed E-state index contributed by atoms with van der Waals surface area (Å²) in [6.45, 7) is 0. The molecule has 0 spiro atoms. The zero-order valence-electron chi connectivity index (χ0n) is 13.1. The summed E-state index contributed by atoms with van der Waals surface area (Å²) in [7, 11) is 0. The molecule has 0 N–H and O–H groups in total. The lowest BCUT2D eigenvalue weighted by Crippen LogP contribution is -2.16. The van der Waals surface area contributed by atoms with Crippen LogP contribution >= 0.6 is 11.6 Å². The van der Waals surface area contributed by atoms with Crippen molar-refractivity contribution in [2.75, 3.05) is 0 Å². The summed E-state index contributed by atoms with van der Waals surface area (Å²) in [6, 6.07) is 10.8. The highest BCUT2D eigenvalue weighted by molar-refractivity contribution is 6.31. The van der Waals surface area contributed by atoms with Crippen LogP contribution in [0.15, 0.2) is 74.8 Å². The van der Waals surface area contributed by atoms with E-state index in [1.807, 2.05) is 0 Å². The van der Waals surface area contributed by atoms with Gasteiger partial charge in [-0.2, -0.15) is 0 Å². The van der Waals surface area contributed by atoms with Gasteiger partial charge in [-0.25, -0.2) is 4.79 Å². The molecule has 0 unspecified atom stereocenters. The quantitative estimate of drug-likeness (QED) is 0.501. The van der Waals surface area contributed by atoms with Crippen LogP contribution < -0.4 is 10.2 Å². The molecule has 26 heavy (non-hydrogen) atoms. The number of carbonyl (C=O) groups excluding carboxylic acids is 1. The maximum Gasteiger partial charge on any atom is 0.343 e. The predicted octanol–water partition coefficient (Wildman–Crippen LogP) is 4.32. The van der Waals surface area contributed by atoms with E-state index in [1.54, 1.807) is 24.3 Å². The molecule has 0 atom stereocenters. The number of halogens is 1. The Morgan fingerprint density at radius 1 is 1.12 bits per heavy atom. The smallest absolute Gasteiger partial charge is 0.343 e. The van der Waals surface area contributed by atoms with E-state index < -0.39 is 11.4 Å². The van der Waals surface area contributed by atoms with Crippen LogP contribution in [0.5, 0.6) is 5.75 Å². The predicted molar refractivity (Wildman–Crippen MR) is 94.4 cm³/mol. The molecule has 1 aromatic carbocycles. The minimum atomic E-state index is -0.714. The fourth-order valence-electron chi connectivity index (χ4n) is 2.45. The Morgan fingerprint density at radius 3 is 2.65 bits per heavy atom. The molecular formula is C19H10ClNO5. The van der Waals surface area contributed by atoms with Crippen molar-refractivity contribution >= 4 is 28.5 Å². The van der Waals surface area contributed by atoms with Gasteiger partial charge in [-0.15, -0.1) is 0 Å². The fraction of sp³-hybridized carbons (Fsp3) is 0. The molecule has 0 fully saturated rings. The number of benzene rings is 1. The summed E-state index contributed by atoms with van der Waals surface area (Å²) in [5, 5.41) is 0.562. The Bertz CT molecular complexity index is 1150. The summed E-state index contributed by atoms with van der Waals surface area (Å²) in [5.41, 5.74) is 0.0213. The lowest BCUT2D eigenvalue weighted by Gasteiger charge is -2.09. The van der Waals surface area contributed by atoms with E-state index in [-0.39, 0.29) is 28.2 Å². The number of hydrogen-bond acceptors (Lipinski definition) is 6. The largest absolute Gasteiger partial charge is 0.461 e. The van der Waals surface area contributed by atoms with Gasteiger partial charge in [0.2, 0.25) is 16.9 Å². The first-order valence-corrected chi connectivity index (χ1v) is 7.94. The topological polar surface area (TPSA) is 82.5 Å². The zero-order chi connectivity index (χ0) is 18.1. The lowest BCUT2D eigenvalue weighted by atomic mass is 10.2. The molecule has 0 aliphatic carbocycles. The number of esters is 1. The van der Waals surface area contributed by atoms with Gasteiger partial charge in [0.05, 0.1) is 17.2 Å². The third-order valence-electron chi connectivity index (χ3n) is 3.67. The summed E-state index contributed by atoms with van der Waals surface area (Å²) in [4.78, 5) is 29.2. The van der Waals surface area contributed by atoms with Gasteiger partial charge in [0.15, 0.2) is 5.76 Å². The second kappa shape index (κ2) is 6.50. The van der Waals surface area contributed by atoms with E-state index in [9.17, 15) is 9.59 Å². The monoisotopic (exact) mass is 367 g/mol. The van der Waals surface area contributed by atoms with E-state index in [0.29, 0.717) is 10.6 Å². The Balaban J connectivity index is 1.91. The Labute approximate surface area is 151 Å². The van der Waals surface area contributed by atoms with Gasteiger partial charge in [0.25, 0.3) is 0 Å². The Kier molecular flexibility index (Phi) is 4.02. The average Bonchev–Trinajstić information content (AvgIpc) is 3.19. The second-order valence-corrected chi connectivity index (χ2v) is 5.77. The Morgan fingerprint density at radius 2 is 1.92 bits per heavy atom. The molecular weight excluding hydrogens is 358 g/mol. The van der Waals surface area contributed by atoms with Crippen LogP contribution in [0.2, 0.25) is 5.02 Å². The van der Waals surface area contributed by atoms with Crippen molar-refractivity contribution in [3.05, 3.63) is 81.9 Å². The maximum absolute atomic E-state index is 12.9. The van der Waals surface area contributed by atoms with Gasteiger partial charge in [-0.3, -0.25) is 9.78 Å². The van der Waals surface area contributed by atoms with Crippen LogP contribution in [0.1, 0.15) is 10.4 Å². The van der Waals surface area contributed by atoms with E-state index in [1.165, 1.54) is 36.9 Å². The van der Waals surface area contributed by atoms with E-state index in [4.69, 9.17) is 25.2 Å². The number of nitrogens with zero attached hydrogens (tertiary/aromatic N) is 1. The number of furan rings is 1. The van der Waals surface area contributed by atoms with Crippen molar-refractivity contribution in [2.45, 2.75) is 0 Å². The van der Waals surface area contributed by atoms with Crippen molar-refractivity contribution in [3.63, 3.8) is 0 Å². The molecule has 0 aliphatic heterocycles. The van der Waals surface area contributed by atoms with E-state index in [0.717, 1.165) is 0 Å². The van der Waals surface area contributed by atoms with Crippen molar-refractivity contribution in [1.82, 2.24) is 4.98 Å². The zero-order valence-corrected chi connectivity index (χ0v) is 13.9. The molecule has 0 radical (unpaired) electrons. The number of fused-ring (bicyclic) bond motifs is 1. The lowest BCUT2D eigenvalue weighted by molar-refractivity contribution is 0.0731. The summed E-state index contributed by atoms with van der Waals surface area (Å²) >= 11 is 5.97. The third-order valence-corrected chi connectivity index (χ3v) is 3.90. The normalized spacial score (nSPS) is 10.8. The second-order valence-electron chi connectivity index (χ2n) is 5.33. The number of hydrogen-bond donors (Lipinski definition) is 0. The van der Waals surface area contributed by atoms with Crippen molar-refractivity contribution in [3.8, 4) is 17.3 Å². The van der Waals surface area contributed by atoms with Gasteiger partial charge in [-0.1, -0.05) is 11.6 Å². The number of rotatable bonds is 3. The molecule has 6 nitrogen and oxygen atoms in total. The van der Waals surface area contributed by atoms with Gasteiger partial charge in [0.1, 0.15) is 5.58 Å². The molecule has 3 heterocycles. The molecule has 4 aromatic rings. The number of aromatic nitrogens is 1. The van der Waals surface area contributed by atoms with E-state index >= 15 is 0 Å². The molecule has 4 rings (SSSR count). The maximum atomic E-state index is 12.9. The molecule has 0 amide bonds. The number of carbonyl (C=O) groups is 1. The highest BCUT2D eigenvalue weighted by Crippen LogP contribution is 2.32. The summed E-state index contributed by atoms with van der Waals surface area (Å²) in [6.07, 6.45) is 4.33. The molecule has 7 heteroatoms. The van der Waals surface area contributed by atoms with Crippen LogP contribution in [0.4, 0.5) is 0 Å². The minimum absolute atomic E-state index is 0.0252. The minimum Gasteiger partial charge on any atom is -0.461 e. The first-order valence-electron chi connectivity index (χ1n) is 7.56. The van der Waals surface area contributed by atoms with Gasteiger partial charge in [0, 0.05) is 17.4 Å². The summed E-state index contributed by atoms with van der Waals surface area (Å²) in [5.74, 6) is -0.695. The summed E-state index contributed by atoms with van der Waals surface area (Å²) < 4.78 is 16.4. The van der Waals surface area contributed by atoms with Gasteiger partial charge >= 0.3 is 5.97 Å². The van der Waals surface area contributed by atoms with Crippen LogP contribution in [0.25, 0.3) is 22.5 Å². The molecule has 128 valence electrons. The first kappa shape index (κ1) is 16.1. The first-order chi connectivity index (χ1) is 12.6. The van der Waals surface area contributed by atoms with Crippen LogP contribution in [-0.2, 0) is 0 Å². The standard InChI is InChI=1S/C19H10ClNO5/c20-12-3-4-14-13(10-12)16(22)18(17(25-14)15-2-1-9-24-15)26-19(23)11-5-7-21-8-6-11/h1-10H. The molecule has 0 saturated heterocycles. The third kappa shape index (κ3) is 2.87. The highest BCUT2D eigenvalue weighted by atomic mass is 35.5.